The number of carbonyl (C=O) groups excluding carboxylic acids is 3. The van der Waals surface area contributed by atoms with Crippen molar-refractivity contribution in [3.8, 4) is 28.1 Å². The van der Waals surface area contributed by atoms with Crippen molar-refractivity contribution in [3.05, 3.63) is 151 Å². The smallest absolute Gasteiger partial charge is 0.255 e. The van der Waals surface area contributed by atoms with Crippen LogP contribution in [0.5, 0.6) is 5.75 Å². The zero-order valence-corrected chi connectivity index (χ0v) is 27.7. The van der Waals surface area contributed by atoms with E-state index in [9.17, 15) is 14.4 Å². The number of nitrogens with one attached hydrogen (secondary N) is 2. The molecule has 0 saturated carbocycles. The summed E-state index contributed by atoms with van der Waals surface area (Å²) >= 11 is 0. The molecule has 1 heterocycles. The first kappa shape index (κ1) is 33.4. The summed E-state index contributed by atoms with van der Waals surface area (Å²) < 4.78 is 6.65. The average Bonchev–Trinajstić information content (AvgIpc) is 3.63. The zero-order chi connectivity index (χ0) is 34.9. The molecule has 6 rings (SSSR count). The van der Waals surface area contributed by atoms with E-state index in [1.807, 2.05) is 91.0 Å². The van der Waals surface area contributed by atoms with Gasteiger partial charge in [-0.25, -0.2) is 4.68 Å². The molecule has 0 aliphatic rings. The van der Waals surface area contributed by atoms with Gasteiger partial charge in [-0.3, -0.25) is 14.4 Å². The van der Waals surface area contributed by atoms with E-state index in [2.05, 4.69) is 20.9 Å². The molecule has 50 heavy (non-hydrogen) atoms. The van der Waals surface area contributed by atoms with Gasteiger partial charge in [-0.1, -0.05) is 96.2 Å². The number of amides is 3. The van der Waals surface area contributed by atoms with Crippen LogP contribution in [0.15, 0.2) is 140 Å². The third-order valence-corrected chi connectivity index (χ3v) is 8.26. The van der Waals surface area contributed by atoms with Crippen LogP contribution < -0.4 is 20.3 Å². The number of carbonyl (C=O) groups is 3. The van der Waals surface area contributed by atoms with E-state index in [0.717, 1.165) is 16.7 Å². The molecule has 0 saturated heterocycles. The topological polar surface area (TPSA) is 118 Å². The molecule has 0 fully saturated rings. The number of hydrogen-bond donors (Lipinski definition) is 2. The van der Waals surface area contributed by atoms with Crippen molar-refractivity contribution in [3.63, 3.8) is 0 Å². The number of anilines is 2. The highest BCUT2D eigenvalue weighted by Crippen LogP contribution is 2.27. The Kier molecular flexibility index (Phi) is 10.4. The van der Waals surface area contributed by atoms with Crippen molar-refractivity contribution in [1.82, 2.24) is 20.3 Å². The molecule has 1 aromatic heterocycles. The van der Waals surface area contributed by atoms with Crippen LogP contribution in [0.2, 0.25) is 0 Å². The van der Waals surface area contributed by atoms with E-state index in [4.69, 9.17) is 4.74 Å². The number of hydrogen-bond acceptors (Lipinski definition) is 6. The minimum Gasteiger partial charge on any atom is -0.497 e. The quantitative estimate of drug-likeness (QED) is 0.159. The number of benzene rings is 5. The molecule has 6 aromatic rings. The maximum absolute atomic E-state index is 13.7. The van der Waals surface area contributed by atoms with Gasteiger partial charge in [-0.05, 0) is 59.2 Å². The Balaban J connectivity index is 1.13. The van der Waals surface area contributed by atoms with Crippen molar-refractivity contribution in [1.29, 1.82) is 0 Å². The molecule has 0 aliphatic heterocycles. The second-order valence-corrected chi connectivity index (χ2v) is 11.6. The Morgan fingerprint density at radius 3 is 2.12 bits per heavy atom. The molecule has 0 spiro atoms. The average molecular weight is 665 g/mol. The molecule has 3 amide bonds. The molecule has 0 bridgehead atoms. The Hall–Kier alpha value is -6.55. The summed E-state index contributed by atoms with van der Waals surface area (Å²) in [6.07, 6.45) is 1.94. The maximum Gasteiger partial charge on any atom is 0.255 e. The standard InChI is InChI=1S/C40H36N6O4/c1-45(32-21-23-33(50-2)24-22-32)40(49)36(25-28-11-5-3-6-12-28)41-38(47)27-46-26-37(43-44-46)34-15-9-10-16-35(34)42-39(48)31-19-17-30(18-20-31)29-13-7-4-8-14-29/h3-24,26,36H,25,27H2,1-2H3,(H,41,47)(H,42,48)/t36-/m0/s1. The minimum absolute atomic E-state index is 0.167. The molecule has 0 radical (unpaired) electrons. The van der Waals surface area contributed by atoms with E-state index in [1.54, 1.807) is 62.8 Å². The van der Waals surface area contributed by atoms with E-state index in [0.29, 0.717) is 40.4 Å². The summed E-state index contributed by atoms with van der Waals surface area (Å²) in [5, 5.41) is 14.3. The number of methoxy groups -OCH3 is 1. The van der Waals surface area contributed by atoms with Crippen LogP contribution in [0.25, 0.3) is 22.4 Å². The van der Waals surface area contributed by atoms with E-state index in [-0.39, 0.29) is 18.4 Å². The van der Waals surface area contributed by atoms with Gasteiger partial charge in [0.25, 0.3) is 5.91 Å². The molecule has 5 aromatic carbocycles. The van der Waals surface area contributed by atoms with Crippen LogP contribution in [0, 0.1) is 0 Å². The van der Waals surface area contributed by atoms with Crippen molar-refractivity contribution in [2.45, 2.75) is 19.0 Å². The summed E-state index contributed by atoms with van der Waals surface area (Å²) in [4.78, 5) is 41.8. The van der Waals surface area contributed by atoms with Crippen LogP contribution in [0.1, 0.15) is 15.9 Å². The van der Waals surface area contributed by atoms with Gasteiger partial charge in [0.1, 0.15) is 24.0 Å². The first-order valence-corrected chi connectivity index (χ1v) is 16.1. The van der Waals surface area contributed by atoms with Gasteiger partial charge >= 0.3 is 0 Å². The van der Waals surface area contributed by atoms with Crippen LogP contribution in [0.3, 0.4) is 0 Å². The molecule has 250 valence electrons. The second-order valence-electron chi connectivity index (χ2n) is 11.6. The zero-order valence-electron chi connectivity index (χ0n) is 27.7. The number of para-hydroxylation sites is 1. The molecule has 10 nitrogen and oxygen atoms in total. The third kappa shape index (κ3) is 8.11. The summed E-state index contributed by atoms with van der Waals surface area (Å²) in [6.45, 7) is -0.167. The van der Waals surface area contributed by atoms with Gasteiger partial charge in [0.2, 0.25) is 11.8 Å². The van der Waals surface area contributed by atoms with Crippen LogP contribution in [-0.4, -0.2) is 52.9 Å². The van der Waals surface area contributed by atoms with Crippen LogP contribution in [0.4, 0.5) is 11.4 Å². The number of ether oxygens (including phenoxy) is 1. The first-order valence-electron chi connectivity index (χ1n) is 16.1. The van der Waals surface area contributed by atoms with Crippen LogP contribution in [-0.2, 0) is 22.6 Å². The van der Waals surface area contributed by atoms with Crippen LogP contribution >= 0.6 is 0 Å². The highest BCUT2D eigenvalue weighted by molar-refractivity contribution is 6.06. The van der Waals surface area contributed by atoms with Crippen molar-refractivity contribution in [2.24, 2.45) is 0 Å². The van der Waals surface area contributed by atoms with Gasteiger partial charge < -0.3 is 20.3 Å². The van der Waals surface area contributed by atoms with Crippen molar-refractivity contribution >= 4 is 29.1 Å². The molecular weight excluding hydrogens is 628 g/mol. The molecule has 2 N–H and O–H groups in total. The first-order chi connectivity index (χ1) is 24.4. The van der Waals surface area contributed by atoms with E-state index >= 15 is 0 Å². The highest BCUT2D eigenvalue weighted by atomic mass is 16.5. The van der Waals surface area contributed by atoms with Crippen molar-refractivity contribution < 1.29 is 19.1 Å². The van der Waals surface area contributed by atoms with E-state index in [1.165, 1.54) is 9.58 Å². The lowest BCUT2D eigenvalue weighted by molar-refractivity contribution is -0.127. The fraction of sp³-hybridized carbons (Fsp3) is 0.125. The summed E-state index contributed by atoms with van der Waals surface area (Å²) in [6, 6.07) is 40.5. The Bertz CT molecular complexity index is 2060. The molecule has 10 heteroatoms. The lowest BCUT2D eigenvalue weighted by Crippen LogP contribution is -2.49. The fourth-order valence-electron chi connectivity index (χ4n) is 5.56. The third-order valence-electron chi connectivity index (χ3n) is 8.26. The summed E-state index contributed by atoms with van der Waals surface area (Å²) in [5.41, 5.74) is 5.84. The number of nitrogens with zero attached hydrogens (tertiary/aromatic N) is 4. The number of likely N-dealkylation sites (N-methyl/N-ethyl adjacent to an activating group) is 1. The highest BCUT2D eigenvalue weighted by Gasteiger charge is 2.26. The van der Waals surface area contributed by atoms with E-state index < -0.39 is 11.9 Å². The maximum atomic E-state index is 13.7. The number of aromatic nitrogens is 3. The SMILES string of the molecule is COc1ccc(N(C)C(=O)[C@H](Cc2ccccc2)NC(=O)Cn2cc(-c3ccccc3NC(=O)c3ccc(-c4ccccc4)cc3)nn2)cc1. The Morgan fingerprint density at radius 2 is 1.42 bits per heavy atom. The lowest BCUT2D eigenvalue weighted by Gasteiger charge is -2.25. The Labute approximate surface area is 290 Å². The fourth-order valence-corrected chi connectivity index (χ4v) is 5.56. The largest absolute Gasteiger partial charge is 0.497 e. The molecule has 0 unspecified atom stereocenters. The number of rotatable bonds is 12. The van der Waals surface area contributed by atoms with Gasteiger partial charge in [0, 0.05) is 30.3 Å². The lowest BCUT2D eigenvalue weighted by atomic mass is 10.0. The normalized spacial score (nSPS) is 11.3. The molecule has 0 aliphatic carbocycles. The van der Waals surface area contributed by atoms with Gasteiger partial charge in [-0.2, -0.15) is 0 Å². The monoisotopic (exact) mass is 664 g/mol. The predicted molar refractivity (Wildman–Crippen MR) is 194 cm³/mol. The van der Waals surface area contributed by atoms with Gasteiger partial charge in [0.15, 0.2) is 0 Å². The van der Waals surface area contributed by atoms with Crippen molar-refractivity contribution in [2.75, 3.05) is 24.4 Å². The summed E-state index contributed by atoms with van der Waals surface area (Å²) in [7, 11) is 3.26. The summed E-state index contributed by atoms with van der Waals surface area (Å²) in [5.74, 6) is -0.266. The van der Waals surface area contributed by atoms with Gasteiger partial charge in [0.05, 0.1) is 19.0 Å². The predicted octanol–water partition coefficient (Wildman–Crippen LogP) is 6.26. The molecule has 1 atom stereocenters. The minimum atomic E-state index is -0.835. The molecular formula is C40H36N6O4. The van der Waals surface area contributed by atoms with Gasteiger partial charge in [-0.15, -0.1) is 5.10 Å². The second kappa shape index (κ2) is 15.6. The Morgan fingerprint density at radius 1 is 0.780 bits per heavy atom.